The summed E-state index contributed by atoms with van der Waals surface area (Å²) in [6.07, 6.45) is 0. The van der Waals surface area contributed by atoms with Crippen LogP contribution in [0.3, 0.4) is 0 Å². The maximum Gasteiger partial charge on any atom is 0.240 e. The highest BCUT2D eigenvalue weighted by Gasteiger charge is 2.12. The third kappa shape index (κ3) is 4.62. The van der Waals surface area contributed by atoms with Gasteiger partial charge >= 0.3 is 0 Å². The van der Waals surface area contributed by atoms with Crippen molar-refractivity contribution in [3.8, 4) is 0 Å². The van der Waals surface area contributed by atoms with E-state index in [4.69, 9.17) is 10.3 Å². The minimum Gasteiger partial charge on any atom is -0.338 e. The summed E-state index contributed by atoms with van der Waals surface area (Å²) >= 11 is 3.38. The van der Waals surface area contributed by atoms with Gasteiger partial charge in [0, 0.05) is 4.47 Å². The highest BCUT2D eigenvalue weighted by atomic mass is 79.9. The van der Waals surface area contributed by atoms with Crippen LogP contribution in [0.2, 0.25) is 0 Å². The number of nitrogens with one attached hydrogen (secondary N) is 1. The zero-order valence-corrected chi connectivity index (χ0v) is 13.1. The number of carbonyl (C=O) groups excluding carboxylic acids is 1. The molecule has 0 saturated carbocycles. The van der Waals surface area contributed by atoms with Gasteiger partial charge in [0.25, 0.3) is 0 Å². The van der Waals surface area contributed by atoms with Gasteiger partial charge in [0.1, 0.15) is 0 Å². The van der Waals surface area contributed by atoms with Crippen molar-refractivity contribution in [1.82, 2.24) is 15.0 Å². The monoisotopic (exact) mass is 353 g/mol. The molecule has 3 N–H and O–H groups in total. The first-order valence-electron chi connectivity index (χ1n) is 6.33. The highest BCUT2D eigenvalue weighted by Crippen LogP contribution is 2.20. The molecule has 0 aliphatic carbocycles. The van der Waals surface area contributed by atoms with E-state index in [9.17, 15) is 4.79 Å². The average Bonchev–Trinajstić information content (AvgIpc) is 2.88. The lowest BCUT2D eigenvalue weighted by molar-refractivity contribution is -0.117. The standard InChI is InChI=1S/C13H16BrN5O2/c1-19(7-11-17-13(6-15)21-18-11)8-12(20)16-10-5-3-2-4-9(10)14/h2-5H,6-8,15H2,1H3,(H,16,20). The van der Waals surface area contributed by atoms with Crippen LogP contribution in [-0.2, 0) is 17.9 Å². The molecule has 0 spiro atoms. The molecule has 0 radical (unpaired) electrons. The predicted octanol–water partition coefficient (Wildman–Crippen LogP) is 1.36. The van der Waals surface area contributed by atoms with Gasteiger partial charge in [-0.25, -0.2) is 0 Å². The second-order valence-corrected chi connectivity index (χ2v) is 5.36. The Morgan fingerprint density at radius 3 is 2.90 bits per heavy atom. The molecule has 7 nitrogen and oxygen atoms in total. The number of benzene rings is 1. The van der Waals surface area contributed by atoms with E-state index in [1.807, 2.05) is 24.3 Å². The quantitative estimate of drug-likeness (QED) is 0.813. The van der Waals surface area contributed by atoms with Crippen LogP contribution >= 0.6 is 15.9 Å². The normalized spacial score (nSPS) is 10.9. The number of nitrogens with zero attached hydrogens (tertiary/aromatic N) is 3. The Bertz CT molecular complexity index is 616. The second-order valence-electron chi connectivity index (χ2n) is 4.51. The molecule has 1 aromatic carbocycles. The van der Waals surface area contributed by atoms with E-state index in [2.05, 4.69) is 31.4 Å². The molecule has 1 aromatic heterocycles. The van der Waals surface area contributed by atoms with Crippen molar-refractivity contribution < 1.29 is 9.32 Å². The minimum atomic E-state index is -0.119. The van der Waals surface area contributed by atoms with Gasteiger partial charge in [-0.2, -0.15) is 4.98 Å². The number of aromatic nitrogens is 2. The van der Waals surface area contributed by atoms with E-state index < -0.39 is 0 Å². The first-order chi connectivity index (χ1) is 10.1. The SMILES string of the molecule is CN(CC(=O)Nc1ccccc1Br)Cc1noc(CN)n1. The minimum absolute atomic E-state index is 0.119. The summed E-state index contributed by atoms with van der Waals surface area (Å²) in [6, 6.07) is 7.44. The number of hydrogen-bond donors (Lipinski definition) is 2. The highest BCUT2D eigenvalue weighted by molar-refractivity contribution is 9.10. The molecule has 0 unspecified atom stereocenters. The maximum atomic E-state index is 12.0. The first kappa shape index (κ1) is 15.6. The Morgan fingerprint density at radius 1 is 1.48 bits per heavy atom. The topological polar surface area (TPSA) is 97.3 Å². The lowest BCUT2D eigenvalue weighted by Crippen LogP contribution is -2.30. The number of hydrogen-bond acceptors (Lipinski definition) is 6. The molecule has 0 aliphatic rings. The van der Waals surface area contributed by atoms with Gasteiger partial charge in [-0.15, -0.1) is 0 Å². The van der Waals surface area contributed by atoms with Crippen molar-refractivity contribution >= 4 is 27.5 Å². The number of amides is 1. The zero-order chi connectivity index (χ0) is 15.2. The lowest BCUT2D eigenvalue weighted by Gasteiger charge is -2.14. The Hall–Kier alpha value is -1.77. The molecule has 21 heavy (non-hydrogen) atoms. The van der Waals surface area contributed by atoms with E-state index >= 15 is 0 Å². The van der Waals surface area contributed by atoms with Crippen LogP contribution in [0.25, 0.3) is 0 Å². The largest absolute Gasteiger partial charge is 0.338 e. The fourth-order valence-corrected chi connectivity index (χ4v) is 2.12. The van der Waals surface area contributed by atoms with Gasteiger partial charge in [0.05, 0.1) is 25.3 Å². The smallest absolute Gasteiger partial charge is 0.240 e. The van der Waals surface area contributed by atoms with Crippen LogP contribution in [-0.4, -0.2) is 34.5 Å². The van der Waals surface area contributed by atoms with Gasteiger partial charge in [-0.3, -0.25) is 9.69 Å². The van der Waals surface area contributed by atoms with Crippen molar-refractivity contribution in [3.05, 3.63) is 40.5 Å². The first-order valence-corrected chi connectivity index (χ1v) is 7.12. The summed E-state index contributed by atoms with van der Waals surface area (Å²) in [5, 5.41) is 6.62. The van der Waals surface area contributed by atoms with Crippen LogP contribution in [0, 0.1) is 0 Å². The molecule has 2 aromatic rings. The number of anilines is 1. The van der Waals surface area contributed by atoms with E-state index in [0.717, 1.165) is 10.2 Å². The molecule has 0 aliphatic heterocycles. The van der Waals surface area contributed by atoms with Gasteiger partial charge in [-0.1, -0.05) is 17.3 Å². The van der Waals surface area contributed by atoms with Gasteiger partial charge in [-0.05, 0) is 35.1 Å². The molecular weight excluding hydrogens is 338 g/mol. The number of para-hydroxylation sites is 1. The summed E-state index contributed by atoms with van der Waals surface area (Å²) in [7, 11) is 1.80. The summed E-state index contributed by atoms with van der Waals surface area (Å²) in [4.78, 5) is 17.8. The van der Waals surface area contributed by atoms with Gasteiger partial charge in [0.15, 0.2) is 5.82 Å². The van der Waals surface area contributed by atoms with Crippen LogP contribution in [0.1, 0.15) is 11.7 Å². The van der Waals surface area contributed by atoms with Gasteiger partial charge < -0.3 is 15.6 Å². The third-order valence-electron chi connectivity index (χ3n) is 2.66. The maximum absolute atomic E-state index is 12.0. The fraction of sp³-hybridized carbons (Fsp3) is 0.308. The molecular formula is C13H16BrN5O2. The van der Waals surface area contributed by atoms with E-state index in [-0.39, 0.29) is 19.0 Å². The molecule has 0 atom stereocenters. The molecule has 0 bridgehead atoms. The fourth-order valence-electron chi connectivity index (χ4n) is 1.73. The molecule has 1 heterocycles. The number of nitrogens with two attached hydrogens (primary N) is 1. The van der Waals surface area contributed by atoms with Crippen molar-refractivity contribution in [2.45, 2.75) is 13.1 Å². The summed E-state index contributed by atoms with van der Waals surface area (Å²) in [6.45, 7) is 0.833. The lowest BCUT2D eigenvalue weighted by atomic mass is 10.3. The van der Waals surface area contributed by atoms with Crippen LogP contribution in [0.15, 0.2) is 33.3 Å². The summed E-state index contributed by atoms with van der Waals surface area (Å²) in [5.74, 6) is 0.773. The summed E-state index contributed by atoms with van der Waals surface area (Å²) < 4.78 is 5.75. The molecule has 8 heteroatoms. The molecule has 0 saturated heterocycles. The van der Waals surface area contributed by atoms with E-state index in [0.29, 0.717) is 18.3 Å². The van der Waals surface area contributed by atoms with Crippen LogP contribution in [0.5, 0.6) is 0 Å². The van der Waals surface area contributed by atoms with E-state index in [1.54, 1.807) is 11.9 Å². The van der Waals surface area contributed by atoms with E-state index in [1.165, 1.54) is 0 Å². The average molecular weight is 354 g/mol. The molecule has 112 valence electrons. The van der Waals surface area contributed by atoms with Gasteiger partial charge in [0.2, 0.25) is 11.8 Å². The Labute approximate surface area is 130 Å². The Morgan fingerprint density at radius 2 is 2.24 bits per heavy atom. The van der Waals surface area contributed by atoms with Crippen LogP contribution < -0.4 is 11.1 Å². The zero-order valence-electron chi connectivity index (χ0n) is 11.5. The van der Waals surface area contributed by atoms with Crippen molar-refractivity contribution in [2.75, 3.05) is 18.9 Å². The number of likely N-dealkylation sites (N-methyl/N-ethyl adjacent to an activating group) is 1. The Kier molecular flexibility index (Phi) is 5.43. The molecule has 1 amide bonds. The van der Waals surface area contributed by atoms with Crippen molar-refractivity contribution in [1.29, 1.82) is 0 Å². The third-order valence-corrected chi connectivity index (χ3v) is 3.35. The van der Waals surface area contributed by atoms with Crippen molar-refractivity contribution in [3.63, 3.8) is 0 Å². The number of halogens is 1. The predicted molar refractivity (Wildman–Crippen MR) is 81.3 cm³/mol. The summed E-state index contributed by atoms with van der Waals surface area (Å²) in [5.41, 5.74) is 6.13. The Balaban J connectivity index is 1.86. The number of carbonyl (C=O) groups is 1. The number of rotatable bonds is 6. The molecule has 0 fully saturated rings. The molecule has 2 rings (SSSR count). The second kappa shape index (κ2) is 7.30. The van der Waals surface area contributed by atoms with Crippen LogP contribution in [0.4, 0.5) is 5.69 Å². The van der Waals surface area contributed by atoms with Crippen molar-refractivity contribution in [2.24, 2.45) is 5.73 Å².